The molecule has 0 atom stereocenters. The summed E-state index contributed by atoms with van der Waals surface area (Å²) < 4.78 is 15.1. The monoisotopic (exact) mass is 543 g/mol. The smallest absolute Gasteiger partial charge is 0.277 e. The van der Waals surface area contributed by atoms with Gasteiger partial charge in [0.05, 0.1) is 29.1 Å². The summed E-state index contributed by atoms with van der Waals surface area (Å²) in [7, 11) is 2.09. The third-order valence-corrected chi connectivity index (χ3v) is 7.39. The number of rotatable bonds is 8. The Morgan fingerprint density at radius 3 is 2.50 bits per heavy atom. The first-order chi connectivity index (χ1) is 19.3. The molecule has 1 aromatic heterocycles. The van der Waals surface area contributed by atoms with Crippen LogP contribution in [0, 0.1) is 19.7 Å². The maximum Gasteiger partial charge on any atom is 0.277 e. The van der Waals surface area contributed by atoms with Crippen molar-refractivity contribution in [1.82, 2.24) is 20.3 Å². The fourth-order valence-electron chi connectivity index (χ4n) is 4.85. The summed E-state index contributed by atoms with van der Waals surface area (Å²) in [5, 5.41) is 11.7. The molecule has 208 valence electrons. The molecule has 9 heteroatoms. The molecule has 0 radical (unpaired) electrons. The van der Waals surface area contributed by atoms with Crippen LogP contribution in [0.25, 0.3) is 10.9 Å². The molecule has 1 amide bonds. The number of hydrogen-bond donors (Lipinski definition) is 3. The van der Waals surface area contributed by atoms with Crippen molar-refractivity contribution in [2.24, 2.45) is 4.99 Å². The second-order valence-electron chi connectivity index (χ2n) is 10.2. The summed E-state index contributed by atoms with van der Waals surface area (Å²) in [5.41, 5.74) is 7.24. The predicted octanol–water partition coefficient (Wildman–Crippen LogP) is 4.71. The Balaban J connectivity index is 1.37. The van der Waals surface area contributed by atoms with Crippen LogP contribution in [0.4, 0.5) is 10.1 Å². The Morgan fingerprint density at radius 1 is 1.05 bits per heavy atom. The van der Waals surface area contributed by atoms with Crippen LogP contribution in [0.3, 0.4) is 0 Å². The molecule has 1 fully saturated rings. The van der Waals surface area contributed by atoms with Crippen molar-refractivity contribution in [3.63, 3.8) is 0 Å². The van der Waals surface area contributed by atoms with E-state index in [9.17, 15) is 9.90 Å². The summed E-state index contributed by atoms with van der Waals surface area (Å²) >= 11 is 0. The van der Waals surface area contributed by atoms with Gasteiger partial charge in [0.2, 0.25) is 0 Å². The van der Waals surface area contributed by atoms with Crippen LogP contribution in [0.1, 0.15) is 32.6 Å². The normalized spacial score (nSPS) is 15.1. The molecule has 0 bridgehead atoms. The molecular formula is C31H34FN5O3. The van der Waals surface area contributed by atoms with Gasteiger partial charge in [-0.25, -0.2) is 14.9 Å². The second kappa shape index (κ2) is 12.0. The Morgan fingerprint density at radius 2 is 1.77 bits per heavy atom. The molecule has 5 rings (SSSR count). The van der Waals surface area contributed by atoms with Crippen LogP contribution in [-0.4, -0.2) is 77.9 Å². The molecule has 3 N–H and O–H groups in total. The van der Waals surface area contributed by atoms with Gasteiger partial charge in [-0.3, -0.25) is 14.5 Å². The summed E-state index contributed by atoms with van der Waals surface area (Å²) in [6.07, 6.45) is 0. The molecule has 1 aliphatic heterocycles. The van der Waals surface area contributed by atoms with Crippen molar-refractivity contribution < 1.29 is 19.1 Å². The molecule has 0 spiro atoms. The average molecular weight is 544 g/mol. The van der Waals surface area contributed by atoms with Gasteiger partial charge in [0, 0.05) is 55.3 Å². The number of carbonyl (C=O) groups is 1. The minimum atomic E-state index is -0.719. The Hall–Kier alpha value is -4.05. The van der Waals surface area contributed by atoms with E-state index in [2.05, 4.69) is 27.3 Å². The number of hydroxylamine groups is 1. The summed E-state index contributed by atoms with van der Waals surface area (Å²) in [6.45, 7) is 8.92. The van der Waals surface area contributed by atoms with Crippen molar-refractivity contribution >= 4 is 28.2 Å². The fraction of sp³-hybridized carbons (Fsp3) is 0.290. The number of nitrogens with zero attached hydrogens (tertiary/aromatic N) is 3. The predicted molar refractivity (Wildman–Crippen MR) is 155 cm³/mol. The number of nitrogens with one attached hydrogen (secondary N) is 2. The van der Waals surface area contributed by atoms with E-state index < -0.39 is 11.7 Å². The zero-order chi connectivity index (χ0) is 28.2. The zero-order valence-corrected chi connectivity index (χ0v) is 23.0. The molecule has 1 aliphatic rings. The molecular weight excluding hydrogens is 509 g/mol. The van der Waals surface area contributed by atoms with Crippen molar-refractivity contribution in [2.75, 3.05) is 46.4 Å². The number of aliphatic imine (C=N–C) groups is 1. The third-order valence-electron chi connectivity index (χ3n) is 7.39. The highest BCUT2D eigenvalue weighted by molar-refractivity contribution is 6.22. The topological polar surface area (TPSA) is 93.2 Å². The lowest BCUT2D eigenvalue weighted by Crippen LogP contribution is -2.45. The second-order valence-corrected chi connectivity index (χ2v) is 10.2. The van der Waals surface area contributed by atoms with Crippen LogP contribution in [0.15, 0.2) is 65.7 Å². The Kier molecular flexibility index (Phi) is 8.25. The van der Waals surface area contributed by atoms with E-state index >= 15 is 4.39 Å². The maximum absolute atomic E-state index is 15.1. The number of amides is 1. The van der Waals surface area contributed by atoms with Crippen LogP contribution < -0.4 is 5.48 Å². The zero-order valence-electron chi connectivity index (χ0n) is 23.0. The standard InChI is InChI=1S/C31H34FN5O3/c1-20-17-25-27(18-21(20)2)34-31(39)28(25)29(22-7-5-4-6-8-22)33-23-9-10-24(26(32)19-23)30(38)35-40-16-15-37-13-11-36(3)12-14-37/h4-10,17-19,34,39H,11-16H2,1-3H3,(H,35,38). The maximum atomic E-state index is 15.1. The van der Waals surface area contributed by atoms with E-state index in [4.69, 9.17) is 9.83 Å². The first kappa shape index (κ1) is 27.5. The summed E-state index contributed by atoms with van der Waals surface area (Å²) in [5.74, 6) is -1.40. The summed E-state index contributed by atoms with van der Waals surface area (Å²) in [4.78, 5) is 30.2. The van der Waals surface area contributed by atoms with Crippen molar-refractivity contribution in [3.05, 3.63) is 94.3 Å². The van der Waals surface area contributed by atoms with Gasteiger partial charge in [0.15, 0.2) is 5.88 Å². The van der Waals surface area contributed by atoms with E-state index in [1.165, 1.54) is 12.1 Å². The number of aromatic hydroxyl groups is 1. The van der Waals surface area contributed by atoms with Gasteiger partial charge in [-0.2, -0.15) is 0 Å². The molecule has 4 aromatic rings. The van der Waals surface area contributed by atoms with Gasteiger partial charge < -0.3 is 15.0 Å². The molecule has 2 heterocycles. The number of aromatic nitrogens is 1. The SMILES string of the molecule is Cc1cc2[nH]c(O)c(C(=Nc3ccc(C(=O)NOCCN4CCN(C)CC4)c(F)c3)c3ccccc3)c2cc1C. The van der Waals surface area contributed by atoms with E-state index in [1.54, 1.807) is 6.07 Å². The fourth-order valence-corrected chi connectivity index (χ4v) is 4.85. The van der Waals surface area contributed by atoms with Crippen LogP contribution in [0.2, 0.25) is 0 Å². The Labute approximate surface area is 233 Å². The molecule has 0 unspecified atom stereocenters. The van der Waals surface area contributed by atoms with E-state index in [-0.39, 0.29) is 11.4 Å². The number of piperazine rings is 1. The van der Waals surface area contributed by atoms with Crippen molar-refractivity contribution in [3.8, 4) is 5.88 Å². The molecule has 40 heavy (non-hydrogen) atoms. The number of likely N-dealkylation sites (N-methyl/N-ethyl adjacent to an activating group) is 1. The lowest BCUT2D eigenvalue weighted by molar-refractivity contribution is 0.0174. The number of aromatic amines is 1. The first-order valence-corrected chi connectivity index (χ1v) is 13.4. The molecule has 3 aromatic carbocycles. The van der Waals surface area contributed by atoms with Gasteiger partial charge in [-0.05, 0) is 56.3 Å². The average Bonchev–Trinajstić information content (AvgIpc) is 3.25. The van der Waals surface area contributed by atoms with Gasteiger partial charge in [-0.15, -0.1) is 0 Å². The van der Waals surface area contributed by atoms with E-state index in [0.717, 1.165) is 53.8 Å². The van der Waals surface area contributed by atoms with Gasteiger partial charge in [0.1, 0.15) is 5.82 Å². The Bertz CT molecular complexity index is 1540. The van der Waals surface area contributed by atoms with Gasteiger partial charge >= 0.3 is 0 Å². The number of halogens is 1. The lowest BCUT2D eigenvalue weighted by atomic mass is 9.98. The van der Waals surface area contributed by atoms with E-state index in [1.807, 2.05) is 56.3 Å². The summed E-state index contributed by atoms with van der Waals surface area (Å²) in [6, 6.07) is 17.6. The van der Waals surface area contributed by atoms with Crippen molar-refractivity contribution in [1.29, 1.82) is 0 Å². The van der Waals surface area contributed by atoms with Crippen LogP contribution in [0.5, 0.6) is 5.88 Å². The highest BCUT2D eigenvalue weighted by atomic mass is 19.1. The van der Waals surface area contributed by atoms with Crippen LogP contribution in [-0.2, 0) is 4.84 Å². The number of carbonyl (C=O) groups excluding carboxylic acids is 1. The molecule has 0 aliphatic carbocycles. The minimum Gasteiger partial charge on any atom is -0.494 e. The number of benzene rings is 3. The first-order valence-electron chi connectivity index (χ1n) is 13.4. The highest BCUT2D eigenvalue weighted by Crippen LogP contribution is 2.33. The number of fused-ring (bicyclic) bond motifs is 1. The number of H-pyrrole nitrogens is 1. The lowest BCUT2D eigenvalue weighted by Gasteiger charge is -2.32. The van der Waals surface area contributed by atoms with Gasteiger partial charge in [0.25, 0.3) is 5.91 Å². The molecule has 1 saturated heterocycles. The third kappa shape index (κ3) is 6.07. The van der Waals surface area contributed by atoms with E-state index in [0.29, 0.717) is 30.1 Å². The minimum absolute atomic E-state index is 0.0206. The number of hydrogen-bond acceptors (Lipinski definition) is 6. The van der Waals surface area contributed by atoms with Crippen LogP contribution >= 0.6 is 0 Å². The molecule has 0 saturated carbocycles. The molecule has 8 nitrogen and oxygen atoms in total. The number of aryl methyl sites for hydroxylation is 2. The largest absolute Gasteiger partial charge is 0.494 e. The van der Waals surface area contributed by atoms with Gasteiger partial charge in [-0.1, -0.05) is 30.3 Å². The van der Waals surface area contributed by atoms with Crippen molar-refractivity contribution in [2.45, 2.75) is 13.8 Å². The highest BCUT2D eigenvalue weighted by Gasteiger charge is 2.20. The quantitative estimate of drug-likeness (QED) is 0.170.